The number of rotatable bonds is 3. The average Bonchev–Trinajstić information content (AvgIpc) is 2.39. The zero-order valence-electron chi connectivity index (χ0n) is 11.9. The summed E-state index contributed by atoms with van der Waals surface area (Å²) in [6.45, 7) is 6.64. The minimum atomic E-state index is -0.589. The Balaban J connectivity index is 2.44. The normalized spacial score (nSPS) is 28.6. The molecule has 1 heteroatoms. The van der Waals surface area contributed by atoms with Gasteiger partial charge in [-0.1, -0.05) is 64.3 Å². The van der Waals surface area contributed by atoms with Crippen molar-refractivity contribution in [2.75, 3.05) is 0 Å². The molecule has 2 atom stereocenters. The second kappa shape index (κ2) is 5.44. The molecule has 0 aliphatic heterocycles. The van der Waals surface area contributed by atoms with E-state index in [1.165, 1.54) is 24.0 Å². The molecule has 1 aromatic carbocycles. The fourth-order valence-electron chi connectivity index (χ4n) is 3.52. The molecule has 0 saturated heterocycles. The molecule has 1 aliphatic rings. The number of benzene rings is 1. The highest BCUT2D eigenvalue weighted by atomic mass is 16.3. The van der Waals surface area contributed by atoms with Crippen LogP contribution in [0.3, 0.4) is 0 Å². The van der Waals surface area contributed by atoms with Crippen LogP contribution in [0.1, 0.15) is 69.9 Å². The molecule has 18 heavy (non-hydrogen) atoms. The molecule has 1 N–H and O–H groups in total. The van der Waals surface area contributed by atoms with E-state index in [2.05, 4.69) is 45.0 Å². The van der Waals surface area contributed by atoms with E-state index in [1.807, 2.05) is 0 Å². The Hall–Kier alpha value is -0.820. The van der Waals surface area contributed by atoms with Gasteiger partial charge in [0.05, 0.1) is 5.60 Å². The predicted octanol–water partition coefficient (Wildman–Crippen LogP) is 4.60. The fraction of sp³-hybridized carbons (Fsp3) is 0.647. The van der Waals surface area contributed by atoms with Crippen LogP contribution in [0, 0.1) is 5.92 Å². The van der Waals surface area contributed by atoms with Crippen molar-refractivity contribution < 1.29 is 5.11 Å². The SMILES string of the molecule is CCC1CCCCC1(O)c1ccccc1C(C)C. The molecule has 0 heterocycles. The van der Waals surface area contributed by atoms with Crippen LogP contribution in [-0.2, 0) is 5.60 Å². The minimum absolute atomic E-state index is 0.422. The van der Waals surface area contributed by atoms with E-state index in [1.54, 1.807) is 0 Å². The summed E-state index contributed by atoms with van der Waals surface area (Å²) < 4.78 is 0. The van der Waals surface area contributed by atoms with Crippen molar-refractivity contribution in [2.24, 2.45) is 5.92 Å². The van der Waals surface area contributed by atoms with Crippen LogP contribution in [0.25, 0.3) is 0 Å². The van der Waals surface area contributed by atoms with Gasteiger partial charge >= 0.3 is 0 Å². The first-order valence-corrected chi connectivity index (χ1v) is 7.41. The lowest BCUT2D eigenvalue weighted by molar-refractivity contribution is -0.0565. The highest BCUT2D eigenvalue weighted by molar-refractivity contribution is 5.35. The third-order valence-electron chi connectivity index (χ3n) is 4.58. The Labute approximate surface area is 111 Å². The second-order valence-electron chi connectivity index (χ2n) is 6.02. The van der Waals surface area contributed by atoms with Crippen molar-refractivity contribution in [1.29, 1.82) is 0 Å². The number of hydrogen-bond acceptors (Lipinski definition) is 1. The Morgan fingerprint density at radius 1 is 1.28 bits per heavy atom. The van der Waals surface area contributed by atoms with Gasteiger partial charge < -0.3 is 5.11 Å². The predicted molar refractivity (Wildman–Crippen MR) is 76.7 cm³/mol. The Morgan fingerprint density at radius 2 is 2.00 bits per heavy atom. The Bertz CT molecular complexity index is 396. The second-order valence-corrected chi connectivity index (χ2v) is 6.02. The van der Waals surface area contributed by atoms with Crippen molar-refractivity contribution >= 4 is 0 Å². The third kappa shape index (κ3) is 2.33. The lowest BCUT2D eigenvalue weighted by atomic mass is 9.68. The zero-order chi connectivity index (χ0) is 13.2. The van der Waals surface area contributed by atoms with Crippen LogP contribution in [0.5, 0.6) is 0 Å². The molecule has 0 amide bonds. The molecular weight excluding hydrogens is 220 g/mol. The third-order valence-corrected chi connectivity index (χ3v) is 4.58. The fourth-order valence-corrected chi connectivity index (χ4v) is 3.52. The summed E-state index contributed by atoms with van der Waals surface area (Å²) >= 11 is 0. The van der Waals surface area contributed by atoms with Crippen LogP contribution in [0.15, 0.2) is 24.3 Å². The molecule has 0 aromatic heterocycles. The van der Waals surface area contributed by atoms with E-state index in [0.717, 1.165) is 19.3 Å². The van der Waals surface area contributed by atoms with E-state index >= 15 is 0 Å². The van der Waals surface area contributed by atoms with Gasteiger partial charge in [0.15, 0.2) is 0 Å². The summed E-state index contributed by atoms with van der Waals surface area (Å²) in [5.74, 6) is 0.899. The molecule has 1 saturated carbocycles. The number of aliphatic hydroxyl groups is 1. The van der Waals surface area contributed by atoms with Gasteiger partial charge in [-0.15, -0.1) is 0 Å². The van der Waals surface area contributed by atoms with Gasteiger partial charge in [-0.05, 0) is 35.8 Å². The molecule has 100 valence electrons. The van der Waals surface area contributed by atoms with Crippen molar-refractivity contribution in [3.05, 3.63) is 35.4 Å². The van der Waals surface area contributed by atoms with Crippen molar-refractivity contribution in [3.8, 4) is 0 Å². The standard InChI is InChI=1S/C17H26O/c1-4-14-9-7-8-12-17(14,18)16-11-6-5-10-15(16)13(2)3/h5-6,10-11,13-14,18H,4,7-9,12H2,1-3H3. The molecule has 1 fully saturated rings. The molecule has 0 spiro atoms. The molecule has 0 radical (unpaired) electrons. The van der Waals surface area contributed by atoms with E-state index < -0.39 is 5.60 Å². The number of hydrogen-bond donors (Lipinski definition) is 1. The average molecular weight is 246 g/mol. The Morgan fingerprint density at radius 3 is 2.67 bits per heavy atom. The van der Waals surface area contributed by atoms with Gasteiger partial charge in [0, 0.05) is 0 Å². The first kappa shape index (κ1) is 13.6. The molecule has 2 unspecified atom stereocenters. The molecule has 1 aliphatic carbocycles. The van der Waals surface area contributed by atoms with Gasteiger partial charge in [0.1, 0.15) is 0 Å². The van der Waals surface area contributed by atoms with E-state index in [0.29, 0.717) is 11.8 Å². The van der Waals surface area contributed by atoms with Crippen molar-refractivity contribution in [3.63, 3.8) is 0 Å². The minimum Gasteiger partial charge on any atom is -0.385 e. The first-order chi connectivity index (χ1) is 8.59. The lowest BCUT2D eigenvalue weighted by Gasteiger charge is -2.41. The van der Waals surface area contributed by atoms with E-state index in [9.17, 15) is 5.11 Å². The smallest absolute Gasteiger partial charge is 0.0927 e. The van der Waals surface area contributed by atoms with Gasteiger partial charge in [0.2, 0.25) is 0 Å². The van der Waals surface area contributed by atoms with E-state index in [-0.39, 0.29) is 0 Å². The largest absolute Gasteiger partial charge is 0.385 e. The van der Waals surface area contributed by atoms with Gasteiger partial charge in [0.25, 0.3) is 0 Å². The Kier molecular flexibility index (Phi) is 4.11. The molecule has 2 rings (SSSR count). The van der Waals surface area contributed by atoms with Crippen molar-refractivity contribution in [2.45, 2.75) is 64.4 Å². The molecule has 1 nitrogen and oxygen atoms in total. The maximum absolute atomic E-state index is 11.2. The maximum Gasteiger partial charge on any atom is 0.0927 e. The highest BCUT2D eigenvalue weighted by Crippen LogP contribution is 2.45. The quantitative estimate of drug-likeness (QED) is 0.826. The van der Waals surface area contributed by atoms with Crippen LogP contribution in [-0.4, -0.2) is 5.11 Å². The van der Waals surface area contributed by atoms with Crippen LogP contribution in [0.2, 0.25) is 0 Å². The summed E-state index contributed by atoms with van der Waals surface area (Å²) in [6.07, 6.45) is 5.59. The first-order valence-electron chi connectivity index (χ1n) is 7.41. The highest BCUT2D eigenvalue weighted by Gasteiger charge is 2.40. The van der Waals surface area contributed by atoms with Crippen LogP contribution in [0.4, 0.5) is 0 Å². The summed E-state index contributed by atoms with van der Waals surface area (Å²) in [5.41, 5.74) is 1.92. The van der Waals surface area contributed by atoms with Crippen LogP contribution >= 0.6 is 0 Å². The summed E-state index contributed by atoms with van der Waals surface area (Å²) in [5, 5.41) is 11.2. The molecular formula is C17H26O. The van der Waals surface area contributed by atoms with Gasteiger partial charge in [-0.2, -0.15) is 0 Å². The molecule has 1 aromatic rings. The topological polar surface area (TPSA) is 20.2 Å². The van der Waals surface area contributed by atoms with E-state index in [4.69, 9.17) is 0 Å². The summed E-state index contributed by atoms with van der Waals surface area (Å²) in [7, 11) is 0. The van der Waals surface area contributed by atoms with Crippen molar-refractivity contribution in [1.82, 2.24) is 0 Å². The monoisotopic (exact) mass is 246 g/mol. The van der Waals surface area contributed by atoms with Gasteiger partial charge in [-0.3, -0.25) is 0 Å². The van der Waals surface area contributed by atoms with Crippen LogP contribution < -0.4 is 0 Å². The summed E-state index contributed by atoms with van der Waals surface area (Å²) in [4.78, 5) is 0. The maximum atomic E-state index is 11.2. The lowest BCUT2D eigenvalue weighted by Crippen LogP contribution is -2.38. The zero-order valence-corrected chi connectivity index (χ0v) is 11.9. The molecule has 0 bridgehead atoms. The summed E-state index contributed by atoms with van der Waals surface area (Å²) in [6, 6.07) is 8.48. The van der Waals surface area contributed by atoms with Gasteiger partial charge in [-0.25, -0.2) is 0 Å².